The number of sulfonamides is 1. The van der Waals surface area contributed by atoms with Gasteiger partial charge in [-0.1, -0.05) is 18.9 Å². The zero-order valence-electron chi connectivity index (χ0n) is 19.9. The molecule has 3 fully saturated rings. The molecule has 1 unspecified atom stereocenters. The molecule has 9 heteroatoms. The van der Waals surface area contributed by atoms with E-state index in [1.165, 1.54) is 19.0 Å². The predicted molar refractivity (Wildman–Crippen MR) is 131 cm³/mol. The molecule has 2 bridgehead atoms. The fourth-order valence-electron chi connectivity index (χ4n) is 5.54. The topological polar surface area (TPSA) is 110 Å². The summed E-state index contributed by atoms with van der Waals surface area (Å²) in [5.74, 6) is 3.09. The molecular weight excluding hydrogens is 454 g/mol. The monoisotopic (exact) mass is 489 g/mol. The first-order valence-electron chi connectivity index (χ1n) is 11.9. The average molecular weight is 490 g/mol. The third-order valence-corrected chi connectivity index (χ3v) is 8.96. The van der Waals surface area contributed by atoms with E-state index in [0.717, 1.165) is 36.3 Å². The summed E-state index contributed by atoms with van der Waals surface area (Å²) in [7, 11) is -0.457. The molecule has 0 saturated heterocycles. The molecule has 0 aliphatic heterocycles. The van der Waals surface area contributed by atoms with Gasteiger partial charge in [-0.05, 0) is 61.3 Å². The van der Waals surface area contributed by atoms with Gasteiger partial charge >= 0.3 is 0 Å². The Balaban J connectivity index is 1.33. The van der Waals surface area contributed by atoms with E-state index in [-0.39, 0.29) is 23.5 Å². The Morgan fingerprint density at radius 2 is 1.91 bits per heavy atom. The number of ether oxygens (including phenoxy) is 2. The molecule has 1 aromatic carbocycles. The largest absolute Gasteiger partial charge is 0.497 e. The Hall–Kier alpha value is -2.36. The number of benzene rings is 1. The third-order valence-electron chi connectivity index (χ3n) is 7.58. The molecule has 0 spiro atoms. The molecule has 8 nitrogen and oxygen atoms in total. The van der Waals surface area contributed by atoms with Crippen LogP contribution in [0, 0.1) is 17.3 Å². The number of pyridine rings is 1. The lowest BCUT2D eigenvalue weighted by molar-refractivity contribution is -0.0359. The van der Waals surface area contributed by atoms with E-state index in [9.17, 15) is 13.5 Å². The Morgan fingerprint density at radius 1 is 1.12 bits per heavy atom. The third kappa shape index (κ3) is 5.31. The summed E-state index contributed by atoms with van der Waals surface area (Å²) in [6.45, 7) is 0.912. The van der Waals surface area contributed by atoms with Gasteiger partial charge in [0.15, 0.2) is 0 Å². The number of nitrogens with one attached hydrogen (secondary N) is 2. The summed E-state index contributed by atoms with van der Waals surface area (Å²) in [6.07, 6.45) is 7.54. The Labute approximate surface area is 202 Å². The summed E-state index contributed by atoms with van der Waals surface area (Å²) in [5.41, 5.74) is 0.694. The lowest BCUT2D eigenvalue weighted by Gasteiger charge is -2.51. The molecule has 3 saturated carbocycles. The Bertz CT molecular complexity index is 1070. The lowest BCUT2D eigenvalue weighted by atomic mass is 9.56. The molecule has 3 aliphatic rings. The van der Waals surface area contributed by atoms with E-state index in [2.05, 4.69) is 15.0 Å². The fraction of sp³-hybridized carbons (Fsp3) is 0.560. The average Bonchev–Trinajstić information content (AvgIpc) is 2.88. The van der Waals surface area contributed by atoms with Crippen molar-refractivity contribution >= 4 is 15.8 Å². The highest BCUT2D eigenvalue weighted by molar-refractivity contribution is 7.89. The van der Waals surface area contributed by atoms with Crippen LogP contribution in [0.1, 0.15) is 37.7 Å². The van der Waals surface area contributed by atoms with Crippen molar-refractivity contribution in [2.75, 3.05) is 39.2 Å². The van der Waals surface area contributed by atoms with Crippen LogP contribution in [0.5, 0.6) is 11.5 Å². The van der Waals surface area contributed by atoms with E-state index in [4.69, 9.17) is 9.47 Å². The van der Waals surface area contributed by atoms with Gasteiger partial charge in [-0.3, -0.25) is 0 Å². The maximum Gasteiger partial charge on any atom is 0.242 e. The minimum Gasteiger partial charge on any atom is -0.497 e. The normalized spacial score (nSPS) is 24.1. The molecule has 0 radical (unpaired) electrons. The standard InChI is InChI=1S/C25H35N3O5S/c1-32-21-8-5-19(23(13-21)33-2)11-12-26-24-10-9-22(15-27-24)34(30,31)28-16-25(17-29)14-18-3-6-20(25)7-4-18/h5,8-10,13,15,18,20,28-29H,3-4,6-7,11-12,14,16-17H2,1-2H3,(H,26,27). The number of nitrogens with zero attached hydrogens (tertiary/aromatic N) is 1. The second kappa shape index (κ2) is 10.5. The molecule has 3 aliphatic carbocycles. The van der Waals surface area contributed by atoms with Crippen molar-refractivity contribution in [2.45, 2.75) is 43.4 Å². The van der Waals surface area contributed by atoms with Crippen LogP contribution in [0.25, 0.3) is 0 Å². The van der Waals surface area contributed by atoms with Crippen molar-refractivity contribution in [3.63, 3.8) is 0 Å². The van der Waals surface area contributed by atoms with Crippen molar-refractivity contribution in [1.29, 1.82) is 0 Å². The quantitative estimate of drug-likeness (QED) is 0.445. The molecule has 0 amide bonds. The van der Waals surface area contributed by atoms with E-state index in [1.807, 2.05) is 18.2 Å². The zero-order valence-corrected chi connectivity index (χ0v) is 20.7. The second-order valence-corrected chi connectivity index (χ2v) is 11.3. The second-order valence-electron chi connectivity index (χ2n) is 9.50. The summed E-state index contributed by atoms with van der Waals surface area (Å²) >= 11 is 0. The predicted octanol–water partition coefficient (Wildman–Crippen LogP) is 3.22. The minimum atomic E-state index is -3.70. The van der Waals surface area contributed by atoms with Crippen LogP contribution in [0.15, 0.2) is 41.4 Å². The van der Waals surface area contributed by atoms with E-state index in [0.29, 0.717) is 30.6 Å². The van der Waals surface area contributed by atoms with Crippen LogP contribution in [0.2, 0.25) is 0 Å². The first-order valence-corrected chi connectivity index (χ1v) is 13.4. The van der Waals surface area contributed by atoms with Gasteiger partial charge in [0.25, 0.3) is 0 Å². The van der Waals surface area contributed by atoms with Gasteiger partial charge in [0.2, 0.25) is 10.0 Å². The highest BCUT2D eigenvalue weighted by Crippen LogP contribution is 2.52. The van der Waals surface area contributed by atoms with Gasteiger partial charge in [-0.15, -0.1) is 0 Å². The maximum atomic E-state index is 12.9. The number of anilines is 1. The summed E-state index contributed by atoms with van der Waals surface area (Å²) in [6, 6.07) is 8.93. The molecular formula is C25H35N3O5S. The highest BCUT2D eigenvalue weighted by atomic mass is 32.2. The maximum absolute atomic E-state index is 12.9. The lowest BCUT2D eigenvalue weighted by Crippen LogP contribution is -2.51. The molecule has 1 aromatic heterocycles. The van der Waals surface area contributed by atoms with Crippen LogP contribution in [-0.2, 0) is 16.4 Å². The van der Waals surface area contributed by atoms with Gasteiger partial charge in [0.1, 0.15) is 22.2 Å². The van der Waals surface area contributed by atoms with Gasteiger partial charge in [-0.25, -0.2) is 18.1 Å². The first kappa shape index (κ1) is 24.8. The fourth-order valence-corrected chi connectivity index (χ4v) is 6.62. The Morgan fingerprint density at radius 3 is 2.50 bits per heavy atom. The Kier molecular flexibility index (Phi) is 7.64. The number of aliphatic hydroxyl groups is 1. The van der Waals surface area contributed by atoms with E-state index in [1.54, 1.807) is 26.4 Å². The van der Waals surface area contributed by atoms with E-state index >= 15 is 0 Å². The smallest absolute Gasteiger partial charge is 0.242 e. The van der Waals surface area contributed by atoms with Crippen molar-refractivity contribution in [1.82, 2.24) is 9.71 Å². The summed E-state index contributed by atoms with van der Waals surface area (Å²) in [4.78, 5) is 4.41. The van der Waals surface area contributed by atoms with Crippen LogP contribution in [0.4, 0.5) is 5.82 Å². The number of rotatable bonds is 11. The van der Waals surface area contributed by atoms with Gasteiger partial charge in [-0.2, -0.15) is 0 Å². The number of hydrogen-bond acceptors (Lipinski definition) is 7. The number of methoxy groups -OCH3 is 2. The van der Waals surface area contributed by atoms with Gasteiger partial charge in [0.05, 0.1) is 20.8 Å². The van der Waals surface area contributed by atoms with Gasteiger partial charge < -0.3 is 19.9 Å². The molecule has 3 N–H and O–H groups in total. The highest BCUT2D eigenvalue weighted by Gasteiger charge is 2.47. The SMILES string of the molecule is COc1ccc(CCNc2ccc(S(=O)(=O)NCC3(CO)CC4CCC3CC4)cn2)c(OC)c1. The molecule has 1 atom stereocenters. The van der Waals surface area contributed by atoms with Crippen molar-refractivity contribution < 1.29 is 23.0 Å². The summed E-state index contributed by atoms with van der Waals surface area (Å²) < 4.78 is 39.2. The first-order chi connectivity index (χ1) is 16.4. The molecule has 2 aromatic rings. The molecule has 186 valence electrons. The number of aromatic nitrogens is 1. The number of aliphatic hydroxyl groups excluding tert-OH is 1. The molecule has 5 rings (SSSR count). The van der Waals surface area contributed by atoms with Gasteiger partial charge in [0, 0.05) is 30.8 Å². The van der Waals surface area contributed by atoms with E-state index < -0.39 is 10.0 Å². The van der Waals surface area contributed by atoms with Crippen molar-refractivity contribution in [3.05, 3.63) is 42.1 Å². The van der Waals surface area contributed by atoms with Crippen LogP contribution in [-0.4, -0.2) is 52.4 Å². The minimum absolute atomic E-state index is 0.0246. The molecule has 1 heterocycles. The zero-order chi connectivity index (χ0) is 24.2. The number of hydrogen-bond donors (Lipinski definition) is 3. The van der Waals surface area contributed by atoms with Crippen LogP contribution >= 0.6 is 0 Å². The number of fused-ring (bicyclic) bond motifs is 3. The van der Waals surface area contributed by atoms with Crippen molar-refractivity contribution in [2.24, 2.45) is 17.3 Å². The molecule has 34 heavy (non-hydrogen) atoms. The van der Waals surface area contributed by atoms with Crippen LogP contribution < -0.4 is 19.5 Å². The van der Waals surface area contributed by atoms with Crippen molar-refractivity contribution in [3.8, 4) is 11.5 Å². The van der Waals surface area contributed by atoms with Crippen LogP contribution in [0.3, 0.4) is 0 Å². The summed E-state index contributed by atoms with van der Waals surface area (Å²) in [5, 5.41) is 13.3.